The number of benzene rings is 1. The molecule has 0 saturated carbocycles. The summed E-state index contributed by atoms with van der Waals surface area (Å²) in [6.07, 6.45) is 0. The molecule has 0 N–H and O–H groups in total. The zero-order valence-electron chi connectivity index (χ0n) is 12.4. The molecule has 0 aliphatic heterocycles. The fourth-order valence-corrected chi connectivity index (χ4v) is 2.18. The molecule has 2 aromatic rings. The molecule has 8 heteroatoms. The van der Waals surface area contributed by atoms with Crippen LogP contribution in [0.15, 0.2) is 40.9 Å². The lowest BCUT2D eigenvalue weighted by Crippen LogP contribution is -2.28. The maximum atomic E-state index is 11.8. The van der Waals surface area contributed by atoms with Crippen molar-refractivity contribution in [1.82, 2.24) is 10.2 Å². The van der Waals surface area contributed by atoms with Crippen molar-refractivity contribution < 1.29 is 14.3 Å². The van der Waals surface area contributed by atoms with Crippen LogP contribution in [0.1, 0.15) is 0 Å². The summed E-state index contributed by atoms with van der Waals surface area (Å²) in [6, 6.07) is 10.7. The van der Waals surface area contributed by atoms with E-state index in [0.717, 1.165) is 4.47 Å². The largest absolute Gasteiger partial charge is 0.490 e. The third-order valence-electron chi connectivity index (χ3n) is 2.79. The van der Waals surface area contributed by atoms with Crippen LogP contribution in [-0.2, 0) is 9.53 Å². The van der Waals surface area contributed by atoms with Crippen molar-refractivity contribution in [3.63, 3.8) is 0 Å². The van der Waals surface area contributed by atoms with Crippen molar-refractivity contribution in [2.75, 3.05) is 31.7 Å². The van der Waals surface area contributed by atoms with Crippen molar-refractivity contribution in [3.05, 3.63) is 46.0 Å². The molecule has 6 nitrogen and oxygen atoms in total. The van der Waals surface area contributed by atoms with E-state index < -0.39 is 0 Å². The molecule has 0 fully saturated rings. The van der Waals surface area contributed by atoms with Crippen LogP contribution in [0.25, 0.3) is 0 Å². The Balaban J connectivity index is 1.69. The van der Waals surface area contributed by atoms with E-state index in [-0.39, 0.29) is 25.7 Å². The third-order valence-corrected chi connectivity index (χ3v) is 3.48. The van der Waals surface area contributed by atoms with Crippen LogP contribution in [0.2, 0.25) is 5.15 Å². The number of anilines is 1. The summed E-state index contributed by atoms with van der Waals surface area (Å²) >= 11 is 9.02. The second-order valence-corrected chi connectivity index (χ2v) is 5.90. The molecule has 0 saturated heterocycles. The van der Waals surface area contributed by atoms with Gasteiger partial charge in [-0.15, -0.1) is 10.2 Å². The zero-order chi connectivity index (χ0) is 16.7. The molecule has 2 rings (SSSR count). The molecule has 0 spiro atoms. The van der Waals surface area contributed by atoms with Gasteiger partial charge in [0.05, 0.1) is 0 Å². The summed E-state index contributed by atoms with van der Waals surface area (Å²) in [5.41, 5.74) is 0. The number of halogens is 2. The summed E-state index contributed by atoms with van der Waals surface area (Å²) in [6.45, 7) is 0.519. The highest BCUT2D eigenvalue weighted by atomic mass is 79.9. The molecule has 0 atom stereocenters. The van der Waals surface area contributed by atoms with Gasteiger partial charge >= 0.3 is 5.97 Å². The molecule has 122 valence electrons. The Morgan fingerprint density at radius 1 is 1.26 bits per heavy atom. The normalized spacial score (nSPS) is 10.2. The van der Waals surface area contributed by atoms with E-state index in [4.69, 9.17) is 21.1 Å². The van der Waals surface area contributed by atoms with E-state index in [1.807, 2.05) is 24.3 Å². The van der Waals surface area contributed by atoms with E-state index in [0.29, 0.717) is 16.7 Å². The summed E-state index contributed by atoms with van der Waals surface area (Å²) in [7, 11) is 1.72. The number of esters is 1. The highest BCUT2D eigenvalue weighted by Gasteiger charge is 2.10. The van der Waals surface area contributed by atoms with Crippen molar-refractivity contribution in [3.8, 4) is 5.75 Å². The standard InChI is InChI=1S/C15H15BrClN3O3/c1-20(14-6-5-13(17)18-19-14)10-15(21)23-8-7-22-12-4-2-3-11(16)9-12/h2-6,9H,7-8,10H2,1H3. The predicted octanol–water partition coefficient (Wildman–Crippen LogP) is 2.95. The van der Waals surface area contributed by atoms with Crippen LogP contribution in [0.5, 0.6) is 5.75 Å². The molecular formula is C15H15BrClN3O3. The van der Waals surface area contributed by atoms with E-state index in [1.165, 1.54) is 0 Å². The number of rotatable bonds is 7. The van der Waals surface area contributed by atoms with Crippen LogP contribution in [0.4, 0.5) is 5.82 Å². The Morgan fingerprint density at radius 3 is 2.78 bits per heavy atom. The van der Waals surface area contributed by atoms with Gasteiger partial charge in [0.25, 0.3) is 0 Å². The van der Waals surface area contributed by atoms with Crippen LogP contribution in [0, 0.1) is 0 Å². The second-order valence-electron chi connectivity index (χ2n) is 4.60. The Labute approximate surface area is 147 Å². The van der Waals surface area contributed by atoms with E-state index in [9.17, 15) is 4.79 Å². The minimum atomic E-state index is -0.373. The number of carbonyl (C=O) groups excluding carboxylic acids is 1. The monoisotopic (exact) mass is 399 g/mol. The number of aromatic nitrogens is 2. The number of hydrogen-bond acceptors (Lipinski definition) is 6. The maximum Gasteiger partial charge on any atom is 0.325 e. The van der Waals surface area contributed by atoms with Crippen LogP contribution < -0.4 is 9.64 Å². The highest BCUT2D eigenvalue weighted by molar-refractivity contribution is 9.10. The average molecular weight is 401 g/mol. The van der Waals surface area contributed by atoms with Crippen molar-refractivity contribution in [2.24, 2.45) is 0 Å². The van der Waals surface area contributed by atoms with Gasteiger partial charge in [-0.1, -0.05) is 33.6 Å². The van der Waals surface area contributed by atoms with Gasteiger partial charge < -0.3 is 14.4 Å². The lowest BCUT2D eigenvalue weighted by Gasteiger charge is -2.16. The molecule has 0 aliphatic rings. The first-order valence-electron chi connectivity index (χ1n) is 6.79. The quantitative estimate of drug-likeness (QED) is 0.526. The summed E-state index contributed by atoms with van der Waals surface area (Å²) in [5, 5.41) is 7.90. The molecular weight excluding hydrogens is 386 g/mol. The highest BCUT2D eigenvalue weighted by Crippen LogP contribution is 2.17. The Morgan fingerprint density at radius 2 is 2.09 bits per heavy atom. The first kappa shape index (κ1) is 17.5. The predicted molar refractivity (Wildman–Crippen MR) is 90.9 cm³/mol. The fraction of sp³-hybridized carbons (Fsp3) is 0.267. The number of carbonyl (C=O) groups is 1. The van der Waals surface area contributed by atoms with Crippen molar-refractivity contribution in [1.29, 1.82) is 0 Å². The van der Waals surface area contributed by atoms with Gasteiger partial charge in [-0.05, 0) is 30.3 Å². The minimum absolute atomic E-state index is 0.0627. The molecule has 0 aliphatic carbocycles. The topological polar surface area (TPSA) is 64.6 Å². The molecule has 0 amide bonds. The molecule has 0 unspecified atom stereocenters. The molecule has 0 bridgehead atoms. The van der Waals surface area contributed by atoms with Crippen molar-refractivity contribution >= 4 is 39.3 Å². The van der Waals surface area contributed by atoms with Gasteiger partial charge in [0, 0.05) is 11.5 Å². The number of hydrogen-bond donors (Lipinski definition) is 0. The van der Waals surface area contributed by atoms with Crippen molar-refractivity contribution in [2.45, 2.75) is 0 Å². The Bertz CT molecular complexity index is 655. The number of likely N-dealkylation sites (N-methyl/N-ethyl adjacent to an activating group) is 1. The molecule has 1 aromatic heterocycles. The Kier molecular flexibility index (Phi) is 6.61. The van der Waals surface area contributed by atoms with Crippen LogP contribution >= 0.6 is 27.5 Å². The lowest BCUT2D eigenvalue weighted by atomic mass is 10.3. The fourth-order valence-electron chi connectivity index (χ4n) is 1.70. The van der Waals surface area contributed by atoms with Gasteiger partial charge in [-0.3, -0.25) is 4.79 Å². The second kappa shape index (κ2) is 8.69. The van der Waals surface area contributed by atoms with E-state index >= 15 is 0 Å². The van der Waals surface area contributed by atoms with Gasteiger partial charge in [0.1, 0.15) is 25.5 Å². The molecule has 1 aromatic carbocycles. The molecule has 23 heavy (non-hydrogen) atoms. The van der Waals surface area contributed by atoms with Gasteiger partial charge in [-0.2, -0.15) is 0 Å². The summed E-state index contributed by atoms with van der Waals surface area (Å²) in [4.78, 5) is 13.4. The SMILES string of the molecule is CN(CC(=O)OCCOc1cccc(Br)c1)c1ccc(Cl)nn1. The van der Waals surface area contributed by atoms with Crippen LogP contribution in [-0.4, -0.2) is 43.0 Å². The maximum absolute atomic E-state index is 11.8. The number of ether oxygens (including phenoxy) is 2. The lowest BCUT2D eigenvalue weighted by molar-refractivity contribution is -0.142. The van der Waals surface area contributed by atoms with Gasteiger partial charge in [-0.25, -0.2) is 0 Å². The minimum Gasteiger partial charge on any atom is -0.490 e. The van der Waals surface area contributed by atoms with Gasteiger partial charge in [0.2, 0.25) is 0 Å². The van der Waals surface area contributed by atoms with E-state index in [1.54, 1.807) is 24.1 Å². The first-order chi connectivity index (χ1) is 11.0. The van der Waals surface area contributed by atoms with E-state index in [2.05, 4.69) is 26.1 Å². The third kappa shape index (κ3) is 6.03. The number of nitrogens with zero attached hydrogens (tertiary/aromatic N) is 3. The summed E-state index contributed by atoms with van der Waals surface area (Å²) in [5.74, 6) is 0.878. The van der Waals surface area contributed by atoms with Crippen LogP contribution in [0.3, 0.4) is 0 Å². The molecule has 0 radical (unpaired) electrons. The molecule has 1 heterocycles. The van der Waals surface area contributed by atoms with Gasteiger partial charge in [0.15, 0.2) is 11.0 Å². The zero-order valence-corrected chi connectivity index (χ0v) is 14.7. The smallest absolute Gasteiger partial charge is 0.325 e. The average Bonchev–Trinajstić information content (AvgIpc) is 2.52. The first-order valence-corrected chi connectivity index (χ1v) is 7.96. The summed E-state index contributed by atoms with van der Waals surface area (Å²) < 4.78 is 11.5. The Hall–Kier alpha value is -1.86.